The fourth-order valence-corrected chi connectivity index (χ4v) is 1.88. The predicted molar refractivity (Wildman–Crippen MR) is 69.2 cm³/mol. The molecule has 0 aliphatic heterocycles. The minimum Gasteiger partial charge on any atom is -0.497 e. The molecule has 2 aromatic rings. The quantitative estimate of drug-likeness (QED) is 0.630. The number of carbonyl (C=O) groups excluding carboxylic acids is 1. The normalized spacial score (nSPS) is 10.2. The first-order valence-corrected chi connectivity index (χ1v) is 5.67. The fraction of sp³-hybridized carbons (Fsp3) is 0.154. The van der Waals surface area contributed by atoms with Gasteiger partial charge in [-0.2, -0.15) is 0 Å². The van der Waals surface area contributed by atoms with Gasteiger partial charge in [-0.25, -0.2) is 9.97 Å². The van der Waals surface area contributed by atoms with Crippen molar-refractivity contribution in [1.29, 1.82) is 0 Å². The maximum Gasteiger partial charge on any atom is 0.155 e. The average Bonchev–Trinajstić information content (AvgIpc) is 2.38. The van der Waals surface area contributed by atoms with Crippen molar-refractivity contribution in [3.05, 3.63) is 40.8 Å². The van der Waals surface area contributed by atoms with Crippen molar-refractivity contribution in [3.8, 4) is 17.0 Å². The van der Waals surface area contributed by atoms with Gasteiger partial charge in [-0.3, -0.25) is 4.79 Å². The Bertz CT molecular complexity index is 582. The Labute approximate surface area is 110 Å². The number of hydrogen-bond donors (Lipinski definition) is 0. The van der Waals surface area contributed by atoms with Crippen LogP contribution in [-0.2, 0) is 0 Å². The third-order valence-corrected chi connectivity index (χ3v) is 2.78. The van der Waals surface area contributed by atoms with Crippen LogP contribution in [0.4, 0.5) is 0 Å². The van der Waals surface area contributed by atoms with Crippen LogP contribution < -0.4 is 4.74 Å². The van der Waals surface area contributed by atoms with Gasteiger partial charge >= 0.3 is 0 Å². The largest absolute Gasteiger partial charge is 0.497 e. The highest BCUT2D eigenvalue weighted by atomic mass is 35.5. The zero-order valence-electron chi connectivity index (χ0n) is 9.98. The van der Waals surface area contributed by atoms with E-state index >= 15 is 0 Å². The van der Waals surface area contributed by atoms with Crippen LogP contribution in [0.3, 0.4) is 0 Å². The number of aromatic nitrogens is 2. The molecule has 1 aromatic carbocycles. The standard InChI is InChI=1S/C13H11ClN2O2/c1-8-15-12(11(7-17)13(14)16-8)9-3-5-10(18-2)6-4-9/h3-7H,1-2H3. The number of aryl methyl sites for hydroxylation is 1. The molecular weight excluding hydrogens is 252 g/mol. The summed E-state index contributed by atoms with van der Waals surface area (Å²) >= 11 is 5.94. The molecule has 0 amide bonds. The van der Waals surface area contributed by atoms with Crippen molar-refractivity contribution in [2.24, 2.45) is 0 Å². The van der Waals surface area contributed by atoms with E-state index in [-0.39, 0.29) is 5.15 Å². The summed E-state index contributed by atoms with van der Waals surface area (Å²) in [4.78, 5) is 19.3. The highest BCUT2D eigenvalue weighted by Crippen LogP contribution is 2.26. The number of methoxy groups -OCH3 is 1. The molecule has 4 nitrogen and oxygen atoms in total. The lowest BCUT2D eigenvalue weighted by Gasteiger charge is -2.07. The van der Waals surface area contributed by atoms with E-state index in [2.05, 4.69) is 9.97 Å². The number of hydrogen-bond acceptors (Lipinski definition) is 4. The summed E-state index contributed by atoms with van der Waals surface area (Å²) < 4.78 is 5.08. The van der Waals surface area contributed by atoms with E-state index in [9.17, 15) is 4.79 Å². The fourth-order valence-electron chi connectivity index (χ4n) is 1.62. The summed E-state index contributed by atoms with van der Waals surface area (Å²) in [6.45, 7) is 1.73. The molecule has 1 heterocycles. The molecule has 0 N–H and O–H groups in total. The third kappa shape index (κ3) is 2.33. The molecular formula is C13H11ClN2O2. The van der Waals surface area contributed by atoms with Gasteiger partial charge in [0.15, 0.2) is 6.29 Å². The summed E-state index contributed by atoms with van der Waals surface area (Å²) in [5, 5.41) is 0.170. The van der Waals surface area contributed by atoms with E-state index < -0.39 is 0 Å². The van der Waals surface area contributed by atoms with Crippen LogP contribution in [-0.4, -0.2) is 23.4 Å². The van der Waals surface area contributed by atoms with Gasteiger partial charge in [-0.05, 0) is 31.2 Å². The Kier molecular flexibility index (Phi) is 3.58. The minimum atomic E-state index is 0.170. The van der Waals surface area contributed by atoms with Gasteiger partial charge in [-0.1, -0.05) is 11.6 Å². The van der Waals surface area contributed by atoms with Crippen LogP contribution in [0, 0.1) is 6.92 Å². The molecule has 1 aromatic heterocycles. The number of ether oxygens (including phenoxy) is 1. The second-order valence-electron chi connectivity index (χ2n) is 3.67. The summed E-state index contributed by atoms with van der Waals surface area (Å²) in [5.41, 5.74) is 1.63. The van der Waals surface area contributed by atoms with Crippen molar-refractivity contribution in [1.82, 2.24) is 9.97 Å². The van der Waals surface area contributed by atoms with Gasteiger partial charge < -0.3 is 4.74 Å². The van der Waals surface area contributed by atoms with Crippen LogP contribution in [0.5, 0.6) is 5.75 Å². The first-order valence-electron chi connectivity index (χ1n) is 5.29. The van der Waals surface area contributed by atoms with Gasteiger partial charge in [0.2, 0.25) is 0 Å². The van der Waals surface area contributed by atoms with Gasteiger partial charge in [-0.15, -0.1) is 0 Å². The molecule has 2 rings (SSSR count). The lowest BCUT2D eigenvalue weighted by atomic mass is 10.1. The van der Waals surface area contributed by atoms with E-state index in [1.165, 1.54) is 0 Å². The number of nitrogens with zero attached hydrogens (tertiary/aromatic N) is 2. The van der Waals surface area contributed by atoms with E-state index in [1.807, 2.05) is 12.1 Å². The van der Waals surface area contributed by atoms with Crippen LogP contribution in [0.1, 0.15) is 16.2 Å². The molecule has 0 unspecified atom stereocenters. The van der Waals surface area contributed by atoms with Crippen molar-refractivity contribution < 1.29 is 9.53 Å². The lowest BCUT2D eigenvalue weighted by molar-refractivity contribution is 0.112. The van der Waals surface area contributed by atoms with Gasteiger partial charge in [0.25, 0.3) is 0 Å². The van der Waals surface area contributed by atoms with Crippen molar-refractivity contribution in [2.45, 2.75) is 6.92 Å². The van der Waals surface area contributed by atoms with E-state index in [1.54, 1.807) is 26.2 Å². The number of benzene rings is 1. The second-order valence-corrected chi connectivity index (χ2v) is 4.03. The molecule has 0 saturated carbocycles. The SMILES string of the molecule is COc1ccc(-c2nc(C)nc(Cl)c2C=O)cc1. The van der Waals surface area contributed by atoms with Crippen LogP contribution >= 0.6 is 11.6 Å². The Morgan fingerprint density at radius 2 is 1.89 bits per heavy atom. The molecule has 92 valence electrons. The molecule has 0 aliphatic carbocycles. The monoisotopic (exact) mass is 262 g/mol. The average molecular weight is 263 g/mol. The van der Waals surface area contributed by atoms with E-state index in [0.717, 1.165) is 11.3 Å². The van der Waals surface area contributed by atoms with Crippen molar-refractivity contribution >= 4 is 17.9 Å². The molecule has 0 atom stereocenters. The zero-order chi connectivity index (χ0) is 13.1. The summed E-state index contributed by atoms with van der Waals surface area (Å²) in [5.74, 6) is 1.26. The van der Waals surface area contributed by atoms with Crippen molar-refractivity contribution in [3.63, 3.8) is 0 Å². The first-order chi connectivity index (χ1) is 8.65. The number of rotatable bonds is 3. The van der Waals surface area contributed by atoms with E-state index in [0.29, 0.717) is 23.4 Å². The van der Waals surface area contributed by atoms with Gasteiger partial charge in [0.1, 0.15) is 16.7 Å². The molecule has 0 saturated heterocycles. The minimum absolute atomic E-state index is 0.170. The van der Waals surface area contributed by atoms with Crippen LogP contribution in [0.15, 0.2) is 24.3 Å². The van der Waals surface area contributed by atoms with Gasteiger partial charge in [0, 0.05) is 5.56 Å². The third-order valence-electron chi connectivity index (χ3n) is 2.49. The topological polar surface area (TPSA) is 52.1 Å². The Morgan fingerprint density at radius 1 is 1.22 bits per heavy atom. The highest BCUT2D eigenvalue weighted by molar-refractivity contribution is 6.32. The van der Waals surface area contributed by atoms with Crippen LogP contribution in [0.2, 0.25) is 5.15 Å². The first kappa shape index (κ1) is 12.5. The lowest BCUT2D eigenvalue weighted by Crippen LogP contribution is -1.99. The summed E-state index contributed by atoms with van der Waals surface area (Å²) in [6, 6.07) is 7.25. The number of aldehydes is 1. The molecule has 5 heteroatoms. The summed E-state index contributed by atoms with van der Waals surface area (Å²) in [7, 11) is 1.59. The number of halogens is 1. The Morgan fingerprint density at radius 3 is 2.44 bits per heavy atom. The molecule has 0 spiro atoms. The molecule has 0 fully saturated rings. The summed E-state index contributed by atoms with van der Waals surface area (Å²) in [6.07, 6.45) is 0.668. The van der Waals surface area contributed by atoms with E-state index in [4.69, 9.17) is 16.3 Å². The molecule has 0 bridgehead atoms. The molecule has 0 radical (unpaired) electrons. The smallest absolute Gasteiger partial charge is 0.155 e. The highest BCUT2D eigenvalue weighted by Gasteiger charge is 2.12. The molecule has 0 aliphatic rings. The Balaban J connectivity index is 2.58. The zero-order valence-corrected chi connectivity index (χ0v) is 10.7. The molecule has 18 heavy (non-hydrogen) atoms. The van der Waals surface area contributed by atoms with Crippen molar-refractivity contribution in [2.75, 3.05) is 7.11 Å². The van der Waals surface area contributed by atoms with Gasteiger partial charge in [0.05, 0.1) is 18.4 Å². The maximum absolute atomic E-state index is 11.1. The Hall–Kier alpha value is -1.94. The second kappa shape index (κ2) is 5.14. The number of carbonyl (C=O) groups is 1. The van der Waals surface area contributed by atoms with Crippen LogP contribution in [0.25, 0.3) is 11.3 Å². The maximum atomic E-state index is 11.1. The predicted octanol–water partition coefficient (Wildman–Crippen LogP) is 2.93.